The van der Waals surface area contributed by atoms with Gasteiger partial charge in [-0.2, -0.15) is 8.61 Å². The fourth-order valence-electron chi connectivity index (χ4n) is 13.1. The summed E-state index contributed by atoms with van der Waals surface area (Å²) in [4.78, 5) is 45.1. The molecule has 16 nitrogen and oxygen atoms in total. The van der Waals surface area contributed by atoms with Crippen molar-refractivity contribution in [3.63, 3.8) is 0 Å². The third-order valence-electron chi connectivity index (χ3n) is 18.0. The van der Waals surface area contributed by atoms with Crippen LogP contribution in [-0.4, -0.2) is 123 Å². The van der Waals surface area contributed by atoms with Crippen LogP contribution in [0.3, 0.4) is 0 Å². The fourth-order valence-corrected chi connectivity index (χ4v) is 16.5. The molecule has 19 heteroatoms. The highest BCUT2D eigenvalue weighted by molar-refractivity contribution is 7.89. The molecule has 3 unspecified atom stereocenters. The standard InChI is InChI=1S/C25H33N3O3S.C25H32N2O3S.C21H26N2O3S.3CH4/c29-24(12-9-21-6-2-1-3-7-21)18-22-8-4-16-27(19-22)23-10-13-25(14-11-23)32(30,31)28-17-5-15-26-20-28;28-24(13-10-21-7-2-1-3-8-21)19-22-9-6-16-26(20-22)23-11-14-25(15-12-23)31(29,30)27-17-4-5-18-27;22-27(25,26)21-12-9-19(10-13-21)23-14-4-7-18(16-23)15-20(24)11-8-17-5-2-1-3-6-17;;;/h1-3,6-7,10-11,13-14,22,26H,4-5,8-9,12,15-20H2;1-3,7-8,11-12,14-15,22H,4-6,9-10,13,16-20H2;1-3,5-6,9-10,12-13,18H,4,7-8,11,14-16H2,(H2,22,25,26);3*1H4. The van der Waals surface area contributed by atoms with Crippen molar-refractivity contribution in [1.29, 1.82) is 0 Å². The number of sulfonamides is 3. The number of carbonyl (C=O) groups is 3. The van der Waals surface area contributed by atoms with Gasteiger partial charge in [0, 0.05) is 114 Å². The molecule has 0 radical (unpaired) electrons. The predicted octanol–water partition coefficient (Wildman–Crippen LogP) is 12.8. The van der Waals surface area contributed by atoms with Gasteiger partial charge in [0.15, 0.2) is 0 Å². The number of Topliss-reactive ketones (excluding diaryl/α,β-unsaturated/α-hetero) is 3. The number of piperidine rings is 3. The second-order valence-corrected chi connectivity index (χ2v) is 30.3. The summed E-state index contributed by atoms with van der Waals surface area (Å²) < 4.78 is 77.0. The molecule has 5 fully saturated rings. The summed E-state index contributed by atoms with van der Waals surface area (Å²) in [5, 5.41) is 8.28. The van der Waals surface area contributed by atoms with E-state index in [1.165, 1.54) is 21.0 Å². The van der Waals surface area contributed by atoms with Crippen LogP contribution < -0.4 is 25.2 Å². The van der Waals surface area contributed by atoms with E-state index in [0.717, 1.165) is 140 Å². The zero-order valence-electron chi connectivity index (χ0n) is 52.0. The van der Waals surface area contributed by atoms with E-state index in [1.807, 2.05) is 78.9 Å². The molecule has 0 saturated carbocycles. The highest BCUT2D eigenvalue weighted by Gasteiger charge is 2.30. The van der Waals surface area contributed by atoms with Crippen LogP contribution in [0.2, 0.25) is 0 Å². The van der Waals surface area contributed by atoms with E-state index in [9.17, 15) is 39.6 Å². The SMILES string of the molecule is C.C.C.NS(=O)(=O)c1ccc(N2CCCC(CC(=O)CCc3ccccc3)C2)cc1.O=C(CCc1ccccc1)CC1CCCN(c2ccc(S(=O)(=O)N3CCCC3)cc2)C1.O=C(CCc1ccccc1)CC1CCCN(c2ccc(S(=O)(=O)N3CCCNC3)cc2)C1. The van der Waals surface area contributed by atoms with E-state index in [0.29, 0.717) is 110 Å². The van der Waals surface area contributed by atoms with Crippen LogP contribution >= 0.6 is 0 Å². The molecular weight excluding hydrogens is 1230 g/mol. The maximum absolute atomic E-state index is 12.8. The molecule has 5 aliphatic heterocycles. The monoisotopic (exact) mass is 1330 g/mol. The summed E-state index contributed by atoms with van der Waals surface area (Å²) in [7, 11) is -10.5. The highest BCUT2D eigenvalue weighted by atomic mass is 32.2. The van der Waals surface area contributed by atoms with Gasteiger partial charge in [0.2, 0.25) is 30.1 Å². The van der Waals surface area contributed by atoms with Crippen molar-refractivity contribution in [2.45, 2.75) is 153 Å². The number of hydrogen-bond donors (Lipinski definition) is 2. The largest absolute Gasteiger partial charge is 0.371 e. The molecule has 0 aromatic heterocycles. The highest BCUT2D eigenvalue weighted by Crippen LogP contribution is 2.31. The fraction of sp³-hybridized carbons (Fsp3) is 0.473. The van der Waals surface area contributed by atoms with Crippen molar-refractivity contribution in [3.05, 3.63) is 180 Å². The quantitative estimate of drug-likeness (QED) is 0.0613. The van der Waals surface area contributed by atoms with Gasteiger partial charge in [-0.3, -0.25) is 14.4 Å². The maximum atomic E-state index is 12.8. The summed E-state index contributed by atoms with van der Waals surface area (Å²) >= 11 is 0. The second kappa shape index (κ2) is 36.9. The Bertz CT molecular complexity index is 3580. The molecule has 6 aromatic carbocycles. The predicted molar refractivity (Wildman–Crippen MR) is 378 cm³/mol. The molecule has 506 valence electrons. The van der Waals surface area contributed by atoms with Crippen molar-refractivity contribution in [2.75, 3.05) is 86.8 Å². The summed E-state index contributed by atoms with van der Waals surface area (Å²) in [6.07, 6.45) is 15.1. The van der Waals surface area contributed by atoms with E-state index in [2.05, 4.69) is 56.4 Å². The van der Waals surface area contributed by atoms with Gasteiger partial charge in [-0.1, -0.05) is 113 Å². The van der Waals surface area contributed by atoms with E-state index >= 15 is 0 Å². The minimum Gasteiger partial charge on any atom is -0.371 e. The Balaban J connectivity index is 0.000000219. The van der Waals surface area contributed by atoms with Crippen molar-refractivity contribution >= 4 is 64.5 Å². The van der Waals surface area contributed by atoms with Crippen molar-refractivity contribution in [2.24, 2.45) is 22.9 Å². The zero-order valence-corrected chi connectivity index (χ0v) is 54.5. The van der Waals surface area contributed by atoms with Crippen LogP contribution in [0.1, 0.15) is 135 Å². The third-order valence-corrected chi connectivity index (χ3v) is 22.7. The molecule has 0 amide bonds. The number of primary sulfonamides is 1. The smallest absolute Gasteiger partial charge is 0.244 e. The molecule has 3 N–H and O–H groups in total. The number of nitrogens with two attached hydrogens (primary N) is 1. The Labute approximate surface area is 557 Å². The van der Waals surface area contributed by atoms with E-state index in [4.69, 9.17) is 5.14 Å². The first-order chi connectivity index (χ1) is 43.5. The number of aryl methyl sites for hydroxylation is 3. The Morgan fingerprint density at radius 3 is 1.01 bits per heavy atom. The molecule has 93 heavy (non-hydrogen) atoms. The van der Waals surface area contributed by atoms with Gasteiger partial charge in [0.25, 0.3) is 0 Å². The molecule has 5 aliphatic rings. The number of nitrogens with one attached hydrogen (secondary N) is 1. The van der Waals surface area contributed by atoms with Crippen LogP contribution in [0.25, 0.3) is 0 Å². The van der Waals surface area contributed by atoms with Gasteiger partial charge in [0.05, 0.1) is 21.4 Å². The lowest BCUT2D eigenvalue weighted by Gasteiger charge is -2.34. The molecule has 5 heterocycles. The van der Waals surface area contributed by atoms with Gasteiger partial charge in [-0.05, 0) is 191 Å². The van der Waals surface area contributed by atoms with E-state index in [-0.39, 0.29) is 27.2 Å². The van der Waals surface area contributed by atoms with Gasteiger partial charge >= 0.3 is 0 Å². The normalized spacial score (nSPS) is 18.8. The van der Waals surface area contributed by atoms with Gasteiger partial charge < -0.3 is 20.0 Å². The first kappa shape index (κ1) is 75.4. The lowest BCUT2D eigenvalue weighted by atomic mass is 9.91. The number of anilines is 3. The first-order valence-electron chi connectivity index (χ1n) is 32.4. The average Bonchev–Trinajstić information content (AvgIpc) is 1.76. The second-order valence-electron chi connectivity index (χ2n) is 24.9. The number of nitrogens with zero attached hydrogens (tertiary/aromatic N) is 5. The van der Waals surface area contributed by atoms with E-state index < -0.39 is 30.1 Å². The summed E-state index contributed by atoms with van der Waals surface area (Å²) in [6, 6.07) is 51.6. The Kier molecular flexibility index (Phi) is 29.9. The summed E-state index contributed by atoms with van der Waals surface area (Å²) in [6.45, 7) is 8.37. The minimum absolute atomic E-state index is 0. The van der Waals surface area contributed by atoms with Crippen molar-refractivity contribution in [1.82, 2.24) is 13.9 Å². The van der Waals surface area contributed by atoms with Crippen LogP contribution in [-0.2, 0) is 63.7 Å². The van der Waals surface area contributed by atoms with Crippen LogP contribution in [0, 0.1) is 17.8 Å². The summed E-state index contributed by atoms with van der Waals surface area (Å²) in [5.41, 5.74) is 6.67. The lowest BCUT2D eigenvalue weighted by molar-refractivity contribution is -0.120. The van der Waals surface area contributed by atoms with Crippen LogP contribution in [0.4, 0.5) is 17.1 Å². The van der Waals surface area contributed by atoms with Gasteiger partial charge in [-0.25, -0.2) is 30.4 Å². The Hall–Kier alpha value is -6.58. The molecule has 0 spiro atoms. The molecule has 0 aliphatic carbocycles. The molecule has 6 aromatic rings. The van der Waals surface area contributed by atoms with E-state index in [1.54, 1.807) is 52.8 Å². The number of ketones is 3. The van der Waals surface area contributed by atoms with Crippen LogP contribution in [0.5, 0.6) is 0 Å². The zero-order chi connectivity index (χ0) is 63.4. The van der Waals surface area contributed by atoms with Gasteiger partial charge in [-0.15, -0.1) is 0 Å². The topological polar surface area (TPSA) is 208 Å². The third kappa shape index (κ3) is 22.8. The van der Waals surface area contributed by atoms with Crippen molar-refractivity contribution < 1.29 is 39.6 Å². The molecule has 0 bridgehead atoms. The Morgan fingerprint density at radius 2 is 0.699 bits per heavy atom. The van der Waals surface area contributed by atoms with Crippen molar-refractivity contribution in [3.8, 4) is 0 Å². The number of benzene rings is 6. The molecule has 3 atom stereocenters. The van der Waals surface area contributed by atoms with Gasteiger partial charge in [0.1, 0.15) is 17.3 Å². The minimum atomic E-state index is -3.67. The number of hydrogen-bond acceptors (Lipinski definition) is 13. The number of carbonyl (C=O) groups excluding carboxylic acids is 3. The van der Waals surface area contributed by atoms with Crippen LogP contribution in [0.15, 0.2) is 178 Å². The Morgan fingerprint density at radius 1 is 0.387 bits per heavy atom. The first-order valence-corrected chi connectivity index (χ1v) is 36.8. The lowest BCUT2D eigenvalue weighted by Crippen LogP contribution is -2.44. The maximum Gasteiger partial charge on any atom is 0.244 e. The molecular formula is C74H103N7O9S3. The molecule has 5 saturated heterocycles. The average molecular weight is 1330 g/mol. The summed E-state index contributed by atoms with van der Waals surface area (Å²) in [5.74, 6) is 2.05. The molecule has 11 rings (SSSR count). The number of rotatable bonds is 23.